The molecule has 0 radical (unpaired) electrons. The summed E-state index contributed by atoms with van der Waals surface area (Å²) in [5, 5.41) is 4.62. The number of hydrogen-bond acceptors (Lipinski definition) is 8. The van der Waals surface area contributed by atoms with Crippen molar-refractivity contribution in [1.82, 2.24) is 9.88 Å². The fourth-order valence-electron chi connectivity index (χ4n) is 4.16. The minimum Gasteiger partial charge on any atom is -0.490 e. The third kappa shape index (κ3) is 4.77. The summed E-state index contributed by atoms with van der Waals surface area (Å²) in [4.78, 5) is 21.0. The second-order valence-electron chi connectivity index (χ2n) is 8.45. The third-order valence-electron chi connectivity index (χ3n) is 6.05. The summed E-state index contributed by atoms with van der Waals surface area (Å²) in [5.74, 6) is 0.742. The SMILES string of the molecule is CN1CCC(Oc2ccc3c(c2)N(c2cc(OCc4cccnc4Cl)c(C(N)=O)s2)CN3)CC1. The number of ether oxygens (including phenoxy) is 2. The van der Waals surface area contributed by atoms with Crippen molar-refractivity contribution in [3.05, 3.63) is 58.2 Å². The van der Waals surface area contributed by atoms with Gasteiger partial charge >= 0.3 is 0 Å². The molecule has 1 aromatic carbocycles. The summed E-state index contributed by atoms with van der Waals surface area (Å²) in [7, 11) is 2.14. The molecule has 2 aliphatic heterocycles. The van der Waals surface area contributed by atoms with Crippen LogP contribution in [0.5, 0.6) is 11.5 Å². The lowest BCUT2D eigenvalue weighted by molar-refractivity contribution is 0.1000. The van der Waals surface area contributed by atoms with E-state index in [9.17, 15) is 4.79 Å². The van der Waals surface area contributed by atoms with E-state index in [-0.39, 0.29) is 12.7 Å². The highest BCUT2D eigenvalue weighted by atomic mass is 35.5. The first kappa shape index (κ1) is 22.8. The van der Waals surface area contributed by atoms with Gasteiger partial charge in [0.05, 0.1) is 18.0 Å². The fourth-order valence-corrected chi connectivity index (χ4v) is 5.30. The van der Waals surface area contributed by atoms with Crippen molar-refractivity contribution >= 4 is 45.2 Å². The van der Waals surface area contributed by atoms with Crippen LogP contribution >= 0.6 is 22.9 Å². The van der Waals surface area contributed by atoms with E-state index in [4.69, 9.17) is 26.8 Å². The van der Waals surface area contributed by atoms with Crippen LogP contribution < -0.4 is 25.4 Å². The minimum atomic E-state index is -0.532. The number of fused-ring (bicyclic) bond motifs is 1. The molecule has 0 spiro atoms. The smallest absolute Gasteiger partial charge is 0.262 e. The maximum Gasteiger partial charge on any atom is 0.262 e. The van der Waals surface area contributed by atoms with E-state index < -0.39 is 5.91 Å². The monoisotopic (exact) mass is 499 g/mol. The van der Waals surface area contributed by atoms with Gasteiger partial charge in [0, 0.05) is 37.0 Å². The molecule has 1 amide bonds. The van der Waals surface area contributed by atoms with E-state index in [0.29, 0.717) is 22.4 Å². The first-order valence-electron chi connectivity index (χ1n) is 11.1. The molecule has 1 saturated heterocycles. The molecule has 0 aliphatic carbocycles. The van der Waals surface area contributed by atoms with Crippen molar-refractivity contribution in [3.63, 3.8) is 0 Å². The second kappa shape index (κ2) is 9.69. The number of hydrogen-bond donors (Lipinski definition) is 2. The number of rotatable bonds is 7. The number of primary amides is 1. The van der Waals surface area contributed by atoms with Crippen LogP contribution in [0.1, 0.15) is 28.1 Å². The number of nitrogens with zero attached hydrogens (tertiary/aromatic N) is 3. The summed E-state index contributed by atoms with van der Waals surface area (Å²) in [6, 6.07) is 11.5. The van der Waals surface area contributed by atoms with Gasteiger partial charge < -0.3 is 30.3 Å². The Bertz CT molecular complexity index is 1200. The number of likely N-dealkylation sites (tertiary alicyclic amines) is 1. The number of carbonyl (C=O) groups excluding carboxylic acids is 1. The Kier molecular flexibility index (Phi) is 6.49. The molecule has 0 bridgehead atoms. The van der Waals surface area contributed by atoms with Gasteiger partial charge in [-0.05, 0) is 38.1 Å². The molecule has 3 aromatic rings. The van der Waals surface area contributed by atoms with Crippen LogP contribution in [0.2, 0.25) is 5.15 Å². The van der Waals surface area contributed by atoms with Crippen molar-refractivity contribution in [2.75, 3.05) is 37.0 Å². The van der Waals surface area contributed by atoms with Crippen LogP contribution in [0.15, 0.2) is 42.6 Å². The standard InChI is InChI=1S/C24H26ClN5O3S/c1-29-9-6-16(7-10-29)33-17-4-5-18-19(11-17)30(14-28-18)21-12-20(22(34-21)24(26)31)32-13-15-3-2-8-27-23(15)25/h2-5,8,11-12,16,28H,6-7,9-10,13-14H2,1H3,(H2,26,31). The van der Waals surface area contributed by atoms with Crippen molar-refractivity contribution < 1.29 is 14.3 Å². The zero-order valence-electron chi connectivity index (χ0n) is 18.8. The molecule has 34 heavy (non-hydrogen) atoms. The molecule has 5 rings (SSSR count). The summed E-state index contributed by atoms with van der Waals surface area (Å²) in [5.41, 5.74) is 8.39. The zero-order chi connectivity index (χ0) is 23.7. The van der Waals surface area contributed by atoms with Crippen LogP contribution in [0.25, 0.3) is 0 Å². The van der Waals surface area contributed by atoms with E-state index in [1.807, 2.05) is 30.3 Å². The normalized spacial score (nSPS) is 16.2. The highest BCUT2D eigenvalue weighted by Gasteiger charge is 2.26. The molecule has 8 nitrogen and oxygen atoms in total. The lowest BCUT2D eigenvalue weighted by Gasteiger charge is -2.29. The summed E-state index contributed by atoms with van der Waals surface area (Å²) >= 11 is 7.44. The largest absolute Gasteiger partial charge is 0.490 e. The molecule has 3 N–H and O–H groups in total. The van der Waals surface area contributed by atoms with Gasteiger partial charge in [0.15, 0.2) is 0 Å². The Morgan fingerprint density at radius 3 is 2.88 bits per heavy atom. The molecule has 2 aromatic heterocycles. The van der Waals surface area contributed by atoms with E-state index in [2.05, 4.69) is 27.1 Å². The summed E-state index contributed by atoms with van der Waals surface area (Å²) in [6.07, 6.45) is 3.87. The van der Waals surface area contributed by atoms with Gasteiger partial charge in [-0.1, -0.05) is 17.7 Å². The van der Waals surface area contributed by atoms with Crippen LogP contribution in [0.4, 0.5) is 16.4 Å². The van der Waals surface area contributed by atoms with E-state index in [0.717, 1.165) is 53.6 Å². The van der Waals surface area contributed by atoms with Gasteiger partial charge in [-0.25, -0.2) is 4.98 Å². The Morgan fingerprint density at radius 1 is 1.29 bits per heavy atom. The molecule has 4 heterocycles. The van der Waals surface area contributed by atoms with Gasteiger partial charge in [0.2, 0.25) is 0 Å². The number of nitrogens with one attached hydrogen (secondary N) is 1. The average Bonchev–Trinajstić information content (AvgIpc) is 3.44. The Morgan fingerprint density at radius 2 is 2.12 bits per heavy atom. The number of pyridine rings is 1. The van der Waals surface area contributed by atoms with Gasteiger partial charge in [-0.2, -0.15) is 0 Å². The highest BCUT2D eigenvalue weighted by molar-refractivity contribution is 7.18. The highest BCUT2D eigenvalue weighted by Crippen LogP contribution is 2.45. The van der Waals surface area contributed by atoms with Gasteiger partial charge in [-0.15, -0.1) is 11.3 Å². The second-order valence-corrected chi connectivity index (χ2v) is 9.84. The summed E-state index contributed by atoms with van der Waals surface area (Å²) in [6.45, 7) is 2.84. The molecule has 178 valence electrons. The molecule has 1 fully saturated rings. The molecule has 2 aliphatic rings. The third-order valence-corrected chi connectivity index (χ3v) is 7.54. The Hall–Kier alpha value is -3.01. The summed E-state index contributed by atoms with van der Waals surface area (Å²) < 4.78 is 12.2. The number of piperidine rings is 1. The fraction of sp³-hybridized carbons (Fsp3) is 0.333. The molecular formula is C24H26ClN5O3S. The quantitative estimate of drug-likeness (QED) is 0.463. The molecule has 10 heteroatoms. The van der Waals surface area contributed by atoms with Gasteiger partial charge in [0.1, 0.15) is 39.2 Å². The molecule has 0 atom stereocenters. The molecular weight excluding hydrogens is 474 g/mol. The van der Waals surface area contributed by atoms with Gasteiger partial charge in [-0.3, -0.25) is 4.79 Å². The van der Waals surface area contributed by atoms with Gasteiger partial charge in [0.25, 0.3) is 5.91 Å². The van der Waals surface area contributed by atoms with E-state index in [1.54, 1.807) is 12.3 Å². The van der Waals surface area contributed by atoms with Crippen LogP contribution in [0, 0.1) is 0 Å². The number of amides is 1. The number of halogens is 1. The number of nitrogens with two attached hydrogens (primary N) is 1. The van der Waals surface area contributed by atoms with Crippen molar-refractivity contribution in [2.45, 2.75) is 25.6 Å². The predicted molar refractivity (Wildman–Crippen MR) is 135 cm³/mol. The lowest BCUT2D eigenvalue weighted by atomic mass is 10.1. The van der Waals surface area contributed by atoms with Crippen LogP contribution in [-0.4, -0.2) is 48.7 Å². The first-order chi connectivity index (χ1) is 16.5. The predicted octanol–water partition coefficient (Wildman–Crippen LogP) is 4.47. The topological polar surface area (TPSA) is 92.9 Å². The lowest BCUT2D eigenvalue weighted by Crippen LogP contribution is -2.35. The number of benzene rings is 1. The minimum absolute atomic E-state index is 0.187. The Balaban J connectivity index is 1.36. The van der Waals surface area contributed by atoms with Crippen molar-refractivity contribution in [1.29, 1.82) is 0 Å². The number of thiophene rings is 1. The maximum absolute atomic E-state index is 12.1. The number of aromatic nitrogens is 1. The number of anilines is 3. The molecule has 0 saturated carbocycles. The maximum atomic E-state index is 12.1. The molecule has 0 unspecified atom stereocenters. The van der Waals surface area contributed by atoms with Crippen molar-refractivity contribution in [2.24, 2.45) is 5.73 Å². The van der Waals surface area contributed by atoms with Crippen LogP contribution in [-0.2, 0) is 6.61 Å². The first-order valence-corrected chi connectivity index (χ1v) is 12.3. The average molecular weight is 500 g/mol. The Labute approximate surface area is 207 Å². The van der Waals surface area contributed by atoms with E-state index >= 15 is 0 Å². The number of carbonyl (C=O) groups is 1. The van der Waals surface area contributed by atoms with E-state index in [1.165, 1.54) is 11.3 Å². The zero-order valence-corrected chi connectivity index (χ0v) is 20.4. The van der Waals surface area contributed by atoms with Crippen LogP contribution in [0.3, 0.4) is 0 Å². The van der Waals surface area contributed by atoms with Crippen molar-refractivity contribution in [3.8, 4) is 11.5 Å².